The zero-order valence-electron chi connectivity index (χ0n) is 5.22. The number of carbonyl (C=O) groups is 1. The molecule has 0 radical (unpaired) electrons. The maximum absolute atomic E-state index is 10.2. The maximum atomic E-state index is 10.2. The Balaban J connectivity index is 2.66. The number of rotatable bonds is 1. The molecule has 0 aromatic carbocycles. The van der Waals surface area contributed by atoms with Gasteiger partial charge in [0.25, 0.3) is 0 Å². The summed E-state index contributed by atoms with van der Waals surface area (Å²) in [5.41, 5.74) is 0.891. The van der Waals surface area contributed by atoms with Crippen LogP contribution < -0.4 is 0 Å². The molecule has 0 aromatic rings. The Labute approximate surface area is 63.3 Å². The van der Waals surface area contributed by atoms with Crippen LogP contribution in [0.15, 0.2) is 9.81 Å². The van der Waals surface area contributed by atoms with Crippen LogP contribution in [0.5, 0.6) is 0 Å². The second kappa shape index (κ2) is 3.32. The Morgan fingerprint density at radius 1 is 1.56 bits per heavy atom. The first kappa shape index (κ1) is 7.22. The van der Waals surface area contributed by atoms with E-state index in [4.69, 9.17) is 0 Å². The van der Waals surface area contributed by atoms with Crippen molar-refractivity contribution in [2.75, 3.05) is 11.5 Å². The van der Waals surface area contributed by atoms with E-state index in [9.17, 15) is 4.79 Å². The fourth-order valence-electron chi connectivity index (χ4n) is 0.586. The molecule has 1 heterocycles. The van der Waals surface area contributed by atoms with Gasteiger partial charge in [0.15, 0.2) is 0 Å². The lowest BCUT2D eigenvalue weighted by molar-refractivity contribution is -0.104. The van der Waals surface area contributed by atoms with Crippen molar-refractivity contribution in [1.29, 1.82) is 0 Å². The molecule has 1 saturated heterocycles. The molecule has 0 atom stereocenters. The molecule has 0 aromatic heterocycles. The van der Waals surface area contributed by atoms with Crippen LogP contribution in [0.25, 0.3) is 0 Å². The highest BCUT2D eigenvalue weighted by molar-refractivity contribution is 8.25. The molecule has 1 rings (SSSR count). The van der Waals surface area contributed by atoms with Crippen molar-refractivity contribution in [3.63, 3.8) is 0 Å². The summed E-state index contributed by atoms with van der Waals surface area (Å²) < 4.78 is 1.21. The van der Waals surface area contributed by atoms with E-state index < -0.39 is 0 Å². The third-order valence-corrected chi connectivity index (χ3v) is 4.00. The number of carbonyl (C=O) groups excluding carboxylic acids is 1. The monoisotopic (exact) mass is 160 g/mol. The highest BCUT2D eigenvalue weighted by Crippen LogP contribution is 2.37. The van der Waals surface area contributed by atoms with E-state index in [1.54, 1.807) is 23.5 Å². The Kier molecular flexibility index (Phi) is 2.66. The number of hydrogen-bond donors (Lipinski definition) is 0. The molecule has 1 nitrogen and oxygen atoms in total. The Bertz CT molecular complexity index is 143. The van der Waals surface area contributed by atoms with E-state index in [1.165, 1.54) is 4.24 Å². The second-order valence-electron chi connectivity index (χ2n) is 1.79. The smallest absolute Gasteiger partial charge is 0.147 e. The van der Waals surface area contributed by atoms with Gasteiger partial charge in [-0.15, -0.1) is 23.5 Å². The quantitative estimate of drug-likeness (QED) is 0.431. The largest absolute Gasteiger partial charge is 0.298 e. The molecule has 0 saturated carbocycles. The fourth-order valence-corrected chi connectivity index (χ4v) is 3.01. The highest BCUT2D eigenvalue weighted by atomic mass is 32.2. The number of thioether (sulfide) groups is 2. The molecular weight excluding hydrogens is 152 g/mol. The molecule has 1 fully saturated rings. The molecule has 0 amide bonds. The molecule has 0 aliphatic carbocycles. The van der Waals surface area contributed by atoms with Gasteiger partial charge in [0, 0.05) is 21.3 Å². The van der Waals surface area contributed by atoms with Gasteiger partial charge in [0.2, 0.25) is 0 Å². The number of hydrogen-bond acceptors (Lipinski definition) is 3. The zero-order valence-corrected chi connectivity index (χ0v) is 6.85. The van der Waals surface area contributed by atoms with E-state index in [2.05, 4.69) is 0 Å². The summed E-state index contributed by atoms with van der Waals surface area (Å²) in [5.74, 6) is 2.32. The fraction of sp³-hybridized carbons (Fsp3) is 0.500. The van der Waals surface area contributed by atoms with Gasteiger partial charge in [-0.25, -0.2) is 0 Å². The predicted octanol–water partition coefficient (Wildman–Crippen LogP) is 1.90. The molecule has 50 valence electrons. The molecule has 9 heavy (non-hydrogen) atoms. The van der Waals surface area contributed by atoms with Crippen LogP contribution in [0.3, 0.4) is 0 Å². The van der Waals surface area contributed by atoms with Crippen LogP contribution in [-0.2, 0) is 4.79 Å². The third-order valence-electron chi connectivity index (χ3n) is 1.05. The SMILES string of the molecule is CC(C=O)=C1SCCS1. The van der Waals surface area contributed by atoms with Crippen molar-refractivity contribution in [2.45, 2.75) is 6.92 Å². The van der Waals surface area contributed by atoms with Crippen LogP contribution in [0, 0.1) is 0 Å². The van der Waals surface area contributed by atoms with Crippen molar-refractivity contribution >= 4 is 29.8 Å². The highest BCUT2D eigenvalue weighted by Gasteiger charge is 2.09. The van der Waals surface area contributed by atoms with Crippen molar-refractivity contribution < 1.29 is 4.79 Å². The molecule has 0 N–H and O–H groups in total. The molecule has 1 aliphatic rings. The van der Waals surface area contributed by atoms with Gasteiger partial charge in [0.1, 0.15) is 6.29 Å². The van der Waals surface area contributed by atoms with Gasteiger partial charge in [-0.05, 0) is 6.92 Å². The lowest BCUT2D eigenvalue weighted by atomic mass is 10.4. The van der Waals surface area contributed by atoms with Crippen molar-refractivity contribution in [3.8, 4) is 0 Å². The summed E-state index contributed by atoms with van der Waals surface area (Å²) in [4.78, 5) is 10.2. The number of allylic oxidation sites excluding steroid dienone is 1. The summed E-state index contributed by atoms with van der Waals surface area (Å²) in [6.45, 7) is 1.87. The molecule has 0 unspecified atom stereocenters. The molecule has 3 heteroatoms. The van der Waals surface area contributed by atoms with E-state index >= 15 is 0 Å². The topological polar surface area (TPSA) is 17.1 Å². The van der Waals surface area contributed by atoms with Crippen LogP contribution in [-0.4, -0.2) is 17.8 Å². The first-order chi connectivity index (χ1) is 4.34. The van der Waals surface area contributed by atoms with Crippen LogP contribution in [0.2, 0.25) is 0 Å². The number of aldehydes is 1. The first-order valence-corrected chi connectivity index (χ1v) is 4.73. The van der Waals surface area contributed by atoms with Crippen LogP contribution >= 0.6 is 23.5 Å². The van der Waals surface area contributed by atoms with Gasteiger partial charge >= 0.3 is 0 Å². The summed E-state index contributed by atoms with van der Waals surface area (Å²) in [6.07, 6.45) is 0.931. The Morgan fingerprint density at radius 2 is 2.11 bits per heavy atom. The van der Waals surface area contributed by atoms with Gasteiger partial charge < -0.3 is 0 Å². The summed E-state index contributed by atoms with van der Waals surface area (Å²) >= 11 is 3.57. The van der Waals surface area contributed by atoms with E-state index in [0.717, 1.165) is 23.4 Å². The standard InChI is InChI=1S/C6H8OS2/c1-5(4-7)6-8-2-3-9-6/h4H,2-3H2,1H3. The van der Waals surface area contributed by atoms with Gasteiger partial charge in [-0.1, -0.05) is 0 Å². The minimum Gasteiger partial charge on any atom is -0.298 e. The minimum absolute atomic E-state index is 0.891. The third kappa shape index (κ3) is 1.76. The zero-order chi connectivity index (χ0) is 6.69. The average Bonchev–Trinajstić information content (AvgIpc) is 2.37. The summed E-state index contributed by atoms with van der Waals surface area (Å²) in [5, 5.41) is 0. The lowest BCUT2D eigenvalue weighted by Crippen LogP contribution is -1.76. The van der Waals surface area contributed by atoms with Gasteiger partial charge in [-0.3, -0.25) is 4.79 Å². The van der Waals surface area contributed by atoms with Crippen molar-refractivity contribution in [1.82, 2.24) is 0 Å². The normalized spacial score (nSPS) is 18.1. The molecule has 1 aliphatic heterocycles. The van der Waals surface area contributed by atoms with E-state index in [-0.39, 0.29) is 0 Å². The summed E-state index contributed by atoms with van der Waals surface area (Å²) in [7, 11) is 0. The maximum Gasteiger partial charge on any atom is 0.147 e. The second-order valence-corrected chi connectivity index (χ2v) is 4.25. The van der Waals surface area contributed by atoms with Gasteiger partial charge in [-0.2, -0.15) is 0 Å². The van der Waals surface area contributed by atoms with Crippen LogP contribution in [0.4, 0.5) is 0 Å². The Hall–Kier alpha value is 0.110. The molecule has 0 bridgehead atoms. The lowest BCUT2D eigenvalue weighted by Gasteiger charge is -1.92. The van der Waals surface area contributed by atoms with E-state index in [1.807, 2.05) is 6.92 Å². The average molecular weight is 160 g/mol. The minimum atomic E-state index is 0.891. The first-order valence-electron chi connectivity index (χ1n) is 2.76. The predicted molar refractivity (Wildman–Crippen MR) is 43.7 cm³/mol. The Morgan fingerprint density at radius 3 is 2.56 bits per heavy atom. The van der Waals surface area contributed by atoms with Crippen molar-refractivity contribution in [2.24, 2.45) is 0 Å². The summed E-state index contributed by atoms with van der Waals surface area (Å²) in [6, 6.07) is 0. The molecular formula is C6H8OS2. The van der Waals surface area contributed by atoms with E-state index in [0.29, 0.717) is 0 Å². The van der Waals surface area contributed by atoms with Crippen molar-refractivity contribution in [3.05, 3.63) is 9.81 Å². The molecule has 0 spiro atoms. The van der Waals surface area contributed by atoms with Crippen LogP contribution in [0.1, 0.15) is 6.92 Å². The van der Waals surface area contributed by atoms with Gasteiger partial charge in [0.05, 0.1) is 0 Å².